The number of hydrazone groups is 1. The summed E-state index contributed by atoms with van der Waals surface area (Å²) in [7, 11) is 1.56. The van der Waals surface area contributed by atoms with E-state index in [0.717, 1.165) is 0 Å². The number of methoxy groups -OCH3 is 1. The van der Waals surface area contributed by atoms with Crippen LogP contribution < -0.4 is 15.1 Å². The fourth-order valence-corrected chi connectivity index (χ4v) is 2.86. The van der Waals surface area contributed by atoms with Gasteiger partial charge in [-0.3, -0.25) is 9.59 Å². The summed E-state index contributed by atoms with van der Waals surface area (Å²) < 4.78 is 5.10. The summed E-state index contributed by atoms with van der Waals surface area (Å²) in [5.74, 6) is -1.25. The van der Waals surface area contributed by atoms with Crippen molar-refractivity contribution in [2.45, 2.75) is 6.92 Å². The number of halogens is 2. The van der Waals surface area contributed by atoms with Gasteiger partial charge >= 0.3 is 0 Å². The van der Waals surface area contributed by atoms with Gasteiger partial charge in [-0.15, -0.1) is 0 Å². The predicted octanol–water partition coefficient (Wildman–Crippen LogP) is 3.98. The largest absolute Gasteiger partial charge is 0.497 e. The molecular formula is C18H15Cl2N3O3. The molecule has 0 aromatic heterocycles. The molecule has 0 aliphatic carbocycles. The van der Waals surface area contributed by atoms with Crippen LogP contribution in [0.15, 0.2) is 47.6 Å². The van der Waals surface area contributed by atoms with E-state index in [4.69, 9.17) is 27.9 Å². The van der Waals surface area contributed by atoms with E-state index in [9.17, 15) is 9.59 Å². The van der Waals surface area contributed by atoms with Gasteiger partial charge in [-0.1, -0.05) is 23.2 Å². The number of nitrogens with zero attached hydrogens (tertiary/aromatic N) is 2. The lowest BCUT2D eigenvalue weighted by atomic mass is 10.0. The summed E-state index contributed by atoms with van der Waals surface area (Å²) >= 11 is 11.8. The Hall–Kier alpha value is -2.57. The number of ether oxygens (including phenoxy) is 1. The number of hydrogen-bond acceptors (Lipinski definition) is 4. The quantitative estimate of drug-likeness (QED) is 0.801. The molecule has 3 rings (SSSR count). The molecule has 1 heterocycles. The molecule has 0 bridgehead atoms. The molecule has 0 saturated carbocycles. The second-order valence-corrected chi connectivity index (χ2v) is 6.45. The van der Waals surface area contributed by atoms with E-state index in [-0.39, 0.29) is 0 Å². The van der Waals surface area contributed by atoms with E-state index < -0.39 is 17.7 Å². The fraction of sp³-hybridized carbons (Fsp3) is 0.167. The molecule has 2 aromatic rings. The van der Waals surface area contributed by atoms with Crippen molar-refractivity contribution in [1.82, 2.24) is 0 Å². The van der Waals surface area contributed by atoms with Crippen LogP contribution in [0.2, 0.25) is 10.0 Å². The maximum absolute atomic E-state index is 12.7. The lowest BCUT2D eigenvalue weighted by Gasteiger charge is -2.15. The maximum atomic E-state index is 12.7. The van der Waals surface area contributed by atoms with Gasteiger partial charge in [0, 0.05) is 5.69 Å². The van der Waals surface area contributed by atoms with Crippen LogP contribution in [0, 0.1) is 5.92 Å². The zero-order valence-electron chi connectivity index (χ0n) is 14.0. The van der Waals surface area contributed by atoms with Gasteiger partial charge in [0.25, 0.3) is 5.91 Å². The third kappa shape index (κ3) is 3.52. The Labute approximate surface area is 160 Å². The summed E-state index contributed by atoms with van der Waals surface area (Å²) in [4.78, 5) is 25.3. The average Bonchev–Trinajstić information content (AvgIpc) is 2.92. The van der Waals surface area contributed by atoms with Crippen molar-refractivity contribution < 1.29 is 14.3 Å². The van der Waals surface area contributed by atoms with Gasteiger partial charge in [0.05, 0.1) is 28.6 Å². The number of rotatable bonds is 4. The van der Waals surface area contributed by atoms with Gasteiger partial charge in [0.2, 0.25) is 5.91 Å². The number of carbonyl (C=O) groups is 2. The Kier molecular flexibility index (Phi) is 5.15. The summed E-state index contributed by atoms with van der Waals surface area (Å²) in [5, 5.41) is 8.80. The Bertz CT molecular complexity index is 897. The molecule has 26 heavy (non-hydrogen) atoms. The first kappa shape index (κ1) is 18.2. The highest BCUT2D eigenvalue weighted by atomic mass is 35.5. The summed E-state index contributed by atoms with van der Waals surface area (Å²) in [6.45, 7) is 1.64. The average molecular weight is 392 g/mol. The number of amides is 2. The van der Waals surface area contributed by atoms with Crippen molar-refractivity contribution in [3.63, 3.8) is 0 Å². The zero-order chi connectivity index (χ0) is 18.8. The molecule has 1 aliphatic rings. The molecule has 0 fully saturated rings. The first-order chi connectivity index (χ1) is 12.4. The molecule has 0 spiro atoms. The van der Waals surface area contributed by atoms with Gasteiger partial charge in [0.1, 0.15) is 5.75 Å². The SMILES string of the molecule is COc1ccc(N2N=C(C)C(C(=O)Nc3ccc(Cl)c(Cl)c3)C2=O)cc1. The Balaban J connectivity index is 1.78. The molecule has 2 aromatic carbocycles. The van der Waals surface area contributed by atoms with Gasteiger partial charge in [0.15, 0.2) is 5.92 Å². The van der Waals surface area contributed by atoms with Crippen molar-refractivity contribution in [2.75, 3.05) is 17.4 Å². The lowest BCUT2D eigenvalue weighted by Crippen LogP contribution is -2.36. The van der Waals surface area contributed by atoms with E-state index in [1.54, 1.807) is 50.4 Å². The van der Waals surface area contributed by atoms with E-state index in [1.807, 2.05) is 0 Å². The van der Waals surface area contributed by atoms with Gasteiger partial charge in [-0.2, -0.15) is 10.1 Å². The second-order valence-electron chi connectivity index (χ2n) is 5.64. The van der Waals surface area contributed by atoms with Crippen LogP contribution in [0.1, 0.15) is 6.92 Å². The number of hydrogen-bond donors (Lipinski definition) is 1. The molecule has 8 heteroatoms. The molecule has 0 saturated heterocycles. The summed E-state index contributed by atoms with van der Waals surface area (Å²) in [6.07, 6.45) is 0. The molecule has 134 valence electrons. The lowest BCUT2D eigenvalue weighted by molar-refractivity contribution is -0.127. The minimum absolute atomic E-state index is 0.312. The van der Waals surface area contributed by atoms with Crippen molar-refractivity contribution in [2.24, 2.45) is 11.0 Å². The first-order valence-corrected chi connectivity index (χ1v) is 8.45. The van der Waals surface area contributed by atoms with Crippen LogP contribution in [0.25, 0.3) is 0 Å². The maximum Gasteiger partial charge on any atom is 0.265 e. The third-order valence-electron chi connectivity index (χ3n) is 3.90. The van der Waals surface area contributed by atoms with Gasteiger partial charge in [-0.05, 0) is 49.4 Å². The molecule has 0 radical (unpaired) electrons. The first-order valence-electron chi connectivity index (χ1n) is 7.69. The van der Waals surface area contributed by atoms with E-state index >= 15 is 0 Å². The highest BCUT2D eigenvalue weighted by Crippen LogP contribution is 2.28. The number of carbonyl (C=O) groups excluding carboxylic acids is 2. The van der Waals surface area contributed by atoms with Crippen LogP contribution >= 0.6 is 23.2 Å². The molecule has 6 nitrogen and oxygen atoms in total. The predicted molar refractivity (Wildman–Crippen MR) is 102 cm³/mol. The molecule has 1 atom stereocenters. The van der Waals surface area contributed by atoms with E-state index in [2.05, 4.69) is 10.4 Å². The number of nitrogens with one attached hydrogen (secondary N) is 1. The van der Waals surface area contributed by atoms with Crippen molar-refractivity contribution in [1.29, 1.82) is 0 Å². The van der Waals surface area contributed by atoms with Crippen LogP contribution in [0.3, 0.4) is 0 Å². The van der Waals surface area contributed by atoms with Crippen LogP contribution in [0.4, 0.5) is 11.4 Å². The molecule has 1 N–H and O–H groups in total. The van der Waals surface area contributed by atoms with Gasteiger partial charge < -0.3 is 10.1 Å². The van der Waals surface area contributed by atoms with Crippen LogP contribution in [-0.2, 0) is 9.59 Å². The van der Waals surface area contributed by atoms with Crippen LogP contribution in [-0.4, -0.2) is 24.6 Å². The highest BCUT2D eigenvalue weighted by Gasteiger charge is 2.39. The smallest absolute Gasteiger partial charge is 0.265 e. The van der Waals surface area contributed by atoms with Gasteiger partial charge in [-0.25, -0.2) is 0 Å². The molecular weight excluding hydrogens is 377 g/mol. The Morgan fingerprint density at radius 1 is 1.15 bits per heavy atom. The monoisotopic (exact) mass is 391 g/mol. The molecule has 2 amide bonds. The van der Waals surface area contributed by atoms with E-state index in [0.29, 0.717) is 32.9 Å². The third-order valence-corrected chi connectivity index (χ3v) is 4.64. The fourth-order valence-electron chi connectivity index (χ4n) is 2.56. The Morgan fingerprint density at radius 2 is 1.85 bits per heavy atom. The van der Waals surface area contributed by atoms with Crippen molar-refractivity contribution >= 4 is 52.1 Å². The van der Waals surface area contributed by atoms with Crippen molar-refractivity contribution in [3.8, 4) is 5.75 Å². The summed E-state index contributed by atoms with van der Waals surface area (Å²) in [5.41, 5.74) is 1.41. The highest BCUT2D eigenvalue weighted by molar-refractivity contribution is 6.42. The standard InChI is InChI=1S/C18H15Cl2N3O3/c1-10-16(17(24)21-11-3-8-14(19)15(20)9-11)18(25)23(22-10)12-4-6-13(26-2)7-5-12/h3-9,16H,1-2H3,(H,21,24). The normalized spacial score (nSPS) is 16.5. The van der Waals surface area contributed by atoms with Crippen molar-refractivity contribution in [3.05, 3.63) is 52.5 Å². The zero-order valence-corrected chi connectivity index (χ0v) is 15.5. The number of benzene rings is 2. The van der Waals surface area contributed by atoms with Crippen LogP contribution in [0.5, 0.6) is 5.75 Å². The summed E-state index contributed by atoms with van der Waals surface area (Å²) in [6, 6.07) is 11.5. The van der Waals surface area contributed by atoms with E-state index in [1.165, 1.54) is 11.1 Å². The number of anilines is 2. The minimum Gasteiger partial charge on any atom is -0.497 e. The molecule has 1 aliphatic heterocycles. The second kappa shape index (κ2) is 7.35. The minimum atomic E-state index is -1.01. The Morgan fingerprint density at radius 3 is 2.46 bits per heavy atom. The molecule has 1 unspecified atom stereocenters. The topological polar surface area (TPSA) is 71.0 Å².